The molecule has 0 saturated heterocycles. The van der Waals surface area contributed by atoms with Crippen molar-refractivity contribution in [1.82, 2.24) is 9.97 Å². The Balaban J connectivity index is 1.73. The summed E-state index contributed by atoms with van der Waals surface area (Å²) in [6.45, 7) is 0. The molecule has 1 amide bonds. The smallest absolute Gasteiger partial charge is 0.323 e. The Morgan fingerprint density at radius 3 is 2.52 bits per heavy atom. The van der Waals surface area contributed by atoms with Gasteiger partial charge in [-0.05, 0) is 42.0 Å². The van der Waals surface area contributed by atoms with Gasteiger partial charge in [-0.15, -0.1) is 0 Å². The summed E-state index contributed by atoms with van der Waals surface area (Å²) < 4.78 is 0.961. The Labute approximate surface area is 128 Å². The average Bonchev–Trinajstić information content (AvgIpc) is 2.80. The first-order valence-corrected chi connectivity index (χ1v) is 7.16. The van der Waals surface area contributed by atoms with Gasteiger partial charge in [0.1, 0.15) is 0 Å². The first-order valence-electron chi connectivity index (χ1n) is 6.36. The zero-order valence-corrected chi connectivity index (χ0v) is 12.5. The number of aromatic nitrogens is 2. The summed E-state index contributed by atoms with van der Waals surface area (Å²) in [7, 11) is 0. The second-order valence-corrected chi connectivity index (χ2v) is 5.61. The SMILES string of the molecule is O=C(Cc1ccc2[nH]c(=O)[nH]c2c1)Nc1ccc(Br)cc1. The number of aromatic amines is 2. The number of imidazole rings is 1. The van der Waals surface area contributed by atoms with E-state index in [9.17, 15) is 9.59 Å². The van der Waals surface area contributed by atoms with Crippen LogP contribution in [-0.4, -0.2) is 15.9 Å². The lowest BCUT2D eigenvalue weighted by Gasteiger charge is -2.05. The Morgan fingerprint density at radius 2 is 1.76 bits per heavy atom. The van der Waals surface area contributed by atoms with Crippen molar-refractivity contribution in [2.75, 3.05) is 5.32 Å². The van der Waals surface area contributed by atoms with Gasteiger partial charge in [0.2, 0.25) is 5.91 Å². The van der Waals surface area contributed by atoms with Gasteiger partial charge in [-0.3, -0.25) is 4.79 Å². The molecule has 0 aliphatic rings. The summed E-state index contributed by atoms with van der Waals surface area (Å²) in [6.07, 6.45) is 0.249. The predicted octanol–water partition coefficient (Wildman–Crippen LogP) is 2.80. The van der Waals surface area contributed by atoms with E-state index < -0.39 is 0 Å². The van der Waals surface area contributed by atoms with Crippen LogP contribution in [0.5, 0.6) is 0 Å². The summed E-state index contributed by atoms with van der Waals surface area (Å²) in [5, 5.41) is 2.83. The predicted molar refractivity (Wildman–Crippen MR) is 85.4 cm³/mol. The largest absolute Gasteiger partial charge is 0.326 e. The number of rotatable bonds is 3. The van der Waals surface area contributed by atoms with E-state index in [4.69, 9.17) is 0 Å². The van der Waals surface area contributed by atoms with Crippen LogP contribution in [0.3, 0.4) is 0 Å². The van der Waals surface area contributed by atoms with E-state index in [0.29, 0.717) is 5.52 Å². The summed E-state index contributed by atoms with van der Waals surface area (Å²) in [5.74, 6) is -0.102. The molecule has 0 atom stereocenters. The van der Waals surface area contributed by atoms with Crippen LogP contribution in [0, 0.1) is 0 Å². The Kier molecular flexibility index (Phi) is 3.62. The number of benzene rings is 2. The standard InChI is InChI=1S/C15H12BrN3O2/c16-10-2-4-11(5-3-10)17-14(20)8-9-1-6-12-13(7-9)19-15(21)18-12/h1-7H,8H2,(H,17,20)(H2,18,19,21). The fourth-order valence-electron chi connectivity index (χ4n) is 2.11. The van der Waals surface area contributed by atoms with Crippen molar-refractivity contribution in [2.45, 2.75) is 6.42 Å². The number of carbonyl (C=O) groups excluding carboxylic acids is 1. The quantitative estimate of drug-likeness (QED) is 0.682. The number of carbonyl (C=O) groups is 1. The highest BCUT2D eigenvalue weighted by atomic mass is 79.9. The zero-order chi connectivity index (χ0) is 14.8. The molecule has 5 nitrogen and oxygen atoms in total. The molecule has 0 fully saturated rings. The van der Waals surface area contributed by atoms with Gasteiger partial charge in [0.25, 0.3) is 0 Å². The third kappa shape index (κ3) is 3.22. The number of nitrogens with one attached hydrogen (secondary N) is 3. The Bertz CT molecular complexity index is 849. The topological polar surface area (TPSA) is 77.8 Å². The van der Waals surface area contributed by atoms with E-state index in [0.717, 1.165) is 21.2 Å². The van der Waals surface area contributed by atoms with E-state index in [1.165, 1.54) is 0 Å². The van der Waals surface area contributed by atoms with Crippen molar-refractivity contribution >= 4 is 38.6 Å². The van der Waals surface area contributed by atoms with Crippen LogP contribution in [-0.2, 0) is 11.2 Å². The Morgan fingerprint density at radius 1 is 1.05 bits per heavy atom. The van der Waals surface area contributed by atoms with Crippen molar-refractivity contribution in [2.24, 2.45) is 0 Å². The number of fused-ring (bicyclic) bond motifs is 1. The third-order valence-electron chi connectivity index (χ3n) is 3.07. The molecule has 1 heterocycles. The molecule has 3 rings (SSSR count). The highest BCUT2D eigenvalue weighted by Gasteiger charge is 2.06. The van der Waals surface area contributed by atoms with Crippen LogP contribution in [0.4, 0.5) is 5.69 Å². The molecule has 0 aliphatic carbocycles. The fraction of sp³-hybridized carbons (Fsp3) is 0.0667. The van der Waals surface area contributed by atoms with Crippen LogP contribution in [0.1, 0.15) is 5.56 Å². The van der Waals surface area contributed by atoms with Crippen molar-refractivity contribution in [3.63, 3.8) is 0 Å². The summed E-state index contributed by atoms with van der Waals surface area (Å²) >= 11 is 3.35. The van der Waals surface area contributed by atoms with Crippen LogP contribution >= 0.6 is 15.9 Å². The molecule has 0 bridgehead atoms. The molecular formula is C15H12BrN3O2. The maximum atomic E-state index is 12.0. The molecule has 3 N–H and O–H groups in total. The van der Waals surface area contributed by atoms with Gasteiger partial charge in [-0.25, -0.2) is 4.79 Å². The fourth-order valence-corrected chi connectivity index (χ4v) is 2.38. The molecular weight excluding hydrogens is 334 g/mol. The number of hydrogen-bond donors (Lipinski definition) is 3. The highest BCUT2D eigenvalue weighted by molar-refractivity contribution is 9.10. The van der Waals surface area contributed by atoms with Gasteiger partial charge < -0.3 is 15.3 Å². The molecule has 0 radical (unpaired) electrons. The van der Waals surface area contributed by atoms with Gasteiger partial charge in [0.15, 0.2) is 0 Å². The van der Waals surface area contributed by atoms with Crippen LogP contribution in [0.2, 0.25) is 0 Å². The lowest BCUT2D eigenvalue weighted by molar-refractivity contribution is -0.115. The van der Waals surface area contributed by atoms with E-state index in [1.54, 1.807) is 12.1 Å². The third-order valence-corrected chi connectivity index (χ3v) is 3.60. The molecule has 6 heteroatoms. The zero-order valence-electron chi connectivity index (χ0n) is 10.9. The van der Waals surface area contributed by atoms with Crippen molar-refractivity contribution in [1.29, 1.82) is 0 Å². The van der Waals surface area contributed by atoms with E-state index in [2.05, 4.69) is 31.2 Å². The van der Waals surface area contributed by atoms with Crippen LogP contribution in [0.15, 0.2) is 51.7 Å². The molecule has 0 unspecified atom stereocenters. The molecule has 21 heavy (non-hydrogen) atoms. The number of halogens is 1. The van der Waals surface area contributed by atoms with Crippen LogP contribution in [0.25, 0.3) is 11.0 Å². The van der Waals surface area contributed by atoms with E-state index >= 15 is 0 Å². The molecule has 1 aromatic heterocycles. The number of H-pyrrole nitrogens is 2. The maximum absolute atomic E-state index is 12.0. The summed E-state index contributed by atoms with van der Waals surface area (Å²) in [6, 6.07) is 12.8. The number of amides is 1. The second kappa shape index (κ2) is 5.57. The molecule has 0 saturated carbocycles. The summed E-state index contributed by atoms with van der Waals surface area (Å²) in [5.41, 5.74) is 2.78. The normalized spacial score (nSPS) is 10.7. The monoisotopic (exact) mass is 345 g/mol. The van der Waals surface area contributed by atoms with Crippen LogP contribution < -0.4 is 11.0 Å². The van der Waals surface area contributed by atoms with Gasteiger partial charge in [0, 0.05) is 10.2 Å². The second-order valence-electron chi connectivity index (χ2n) is 4.69. The van der Waals surface area contributed by atoms with Crippen molar-refractivity contribution in [3.8, 4) is 0 Å². The molecule has 3 aromatic rings. The van der Waals surface area contributed by atoms with Gasteiger partial charge in [-0.2, -0.15) is 0 Å². The van der Waals surface area contributed by atoms with Crippen molar-refractivity contribution < 1.29 is 4.79 Å². The van der Waals surface area contributed by atoms with Gasteiger partial charge in [0.05, 0.1) is 17.5 Å². The van der Waals surface area contributed by atoms with Gasteiger partial charge in [-0.1, -0.05) is 22.0 Å². The molecule has 106 valence electrons. The minimum atomic E-state index is -0.249. The molecule has 2 aromatic carbocycles. The first-order chi connectivity index (χ1) is 10.1. The lowest BCUT2D eigenvalue weighted by Crippen LogP contribution is -2.14. The van der Waals surface area contributed by atoms with Gasteiger partial charge >= 0.3 is 5.69 Å². The Hall–Kier alpha value is -2.34. The number of hydrogen-bond acceptors (Lipinski definition) is 2. The van der Waals surface area contributed by atoms with E-state index in [-0.39, 0.29) is 18.0 Å². The minimum absolute atomic E-state index is 0.102. The van der Waals surface area contributed by atoms with Crippen molar-refractivity contribution in [3.05, 3.63) is 63.0 Å². The molecule has 0 spiro atoms. The summed E-state index contributed by atoms with van der Waals surface area (Å²) in [4.78, 5) is 28.6. The highest BCUT2D eigenvalue weighted by Crippen LogP contribution is 2.15. The minimum Gasteiger partial charge on any atom is -0.326 e. The first kappa shape index (κ1) is 13.6. The molecule has 0 aliphatic heterocycles. The van der Waals surface area contributed by atoms with E-state index in [1.807, 2.05) is 30.3 Å². The average molecular weight is 346 g/mol. The maximum Gasteiger partial charge on any atom is 0.323 e. The lowest BCUT2D eigenvalue weighted by atomic mass is 10.1. The number of anilines is 1.